The van der Waals surface area contributed by atoms with Gasteiger partial charge in [0.2, 0.25) is 0 Å². The Kier molecular flexibility index (Phi) is 13.9. The minimum Gasteiger partial charge on any atom is -0.481 e. The monoisotopic (exact) mass is 450 g/mol. The first kappa shape index (κ1) is 28.7. The molecule has 0 saturated carbocycles. The average molecular weight is 451 g/mol. The Morgan fingerprint density at radius 1 is 0.719 bits per heavy atom. The first-order chi connectivity index (χ1) is 15.4. The molecule has 0 aromatic rings. The second-order valence-corrected chi connectivity index (χ2v) is 10.2. The summed E-state index contributed by atoms with van der Waals surface area (Å²) < 4.78 is 0. The number of carboxylic acid groups (broad SMARTS) is 2. The van der Waals surface area contributed by atoms with Crippen LogP contribution in [0.25, 0.3) is 0 Å². The van der Waals surface area contributed by atoms with Gasteiger partial charge in [0.1, 0.15) is 0 Å². The summed E-state index contributed by atoms with van der Waals surface area (Å²) in [5, 5.41) is 20.4. The standard InChI is InChI=1S/C28H50O4/c1-4-6-7-8-9-10-11-12-13-14-15-16-17-18-21-27(25(29)30)22-19-20-23-28(27,26(31)32)24(3)5-2/h19-20,24H,4-18,21-23H2,1-3H3,(H,29,30)(H,31,32). The van der Waals surface area contributed by atoms with E-state index in [1.165, 1.54) is 70.6 Å². The largest absolute Gasteiger partial charge is 0.481 e. The summed E-state index contributed by atoms with van der Waals surface area (Å²) in [6.45, 7) is 6.14. The van der Waals surface area contributed by atoms with Crippen LogP contribution in [0.5, 0.6) is 0 Å². The van der Waals surface area contributed by atoms with Crippen molar-refractivity contribution in [1.82, 2.24) is 0 Å². The van der Waals surface area contributed by atoms with E-state index in [0.29, 0.717) is 25.7 Å². The molecule has 4 nitrogen and oxygen atoms in total. The van der Waals surface area contributed by atoms with E-state index in [1.807, 2.05) is 26.0 Å². The highest BCUT2D eigenvalue weighted by Gasteiger charge is 2.62. The number of carboxylic acids is 2. The van der Waals surface area contributed by atoms with Crippen LogP contribution in [-0.4, -0.2) is 22.2 Å². The molecule has 4 heteroatoms. The molecule has 0 amide bonds. The van der Waals surface area contributed by atoms with E-state index in [4.69, 9.17) is 0 Å². The summed E-state index contributed by atoms with van der Waals surface area (Å²) in [5.41, 5.74) is -2.40. The molecule has 0 fully saturated rings. The first-order valence-corrected chi connectivity index (χ1v) is 13.5. The Bertz CT molecular complexity index is 570. The quantitative estimate of drug-likeness (QED) is 0.153. The zero-order chi connectivity index (χ0) is 23.9. The zero-order valence-corrected chi connectivity index (χ0v) is 21.2. The van der Waals surface area contributed by atoms with Crippen molar-refractivity contribution in [2.75, 3.05) is 0 Å². The lowest BCUT2D eigenvalue weighted by atomic mass is 9.50. The van der Waals surface area contributed by atoms with Crippen molar-refractivity contribution in [2.45, 2.75) is 136 Å². The lowest BCUT2D eigenvalue weighted by molar-refractivity contribution is -0.182. The number of allylic oxidation sites excluding steroid dienone is 2. The molecule has 0 heterocycles. The summed E-state index contributed by atoms with van der Waals surface area (Å²) >= 11 is 0. The third kappa shape index (κ3) is 7.63. The zero-order valence-electron chi connectivity index (χ0n) is 21.2. The summed E-state index contributed by atoms with van der Waals surface area (Å²) in [6.07, 6.45) is 23.1. The highest BCUT2D eigenvalue weighted by molar-refractivity contribution is 5.87. The molecule has 3 atom stereocenters. The number of rotatable bonds is 19. The number of aliphatic carboxylic acids is 2. The second kappa shape index (κ2) is 15.5. The van der Waals surface area contributed by atoms with Gasteiger partial charge in [-0.2, -0.15) is 0 Å². The molecule has 0 bridgehead atoms. The van der Waals surface area contributed by atoms with Crippen LogP contribution in [0.1, 0.15) is 136 Å². The smallest absolute Gasteiger partial charge is 0.311 e. The van der Waals surface area contributed by atoms with Crippen LogP contribution in [0.4, 0.5) is 0 Å². The van der Waals surface area contributed by atoms with Crippen LogP contribution >= 0.6 is 0 Å². The number of unbranched alkanes of at least 4 members (excludes halogenated alkanes) is 13. The van der Waals surface area contributed by atoms with E-state index in [9.17, 15) is 19.8 Å². The molecule has 0 radical (unpaired) electrons. The van der Waals surface area contributed by atoms with Crippen molar-refractivity contribution in [2.24, 2.45) is 16.7 Å². The lowest BCUT2D eigenvalue weighted by Gasteiger charge is -2.50. The molecule has 2 N–H and O–H groups in total. The van der Waals surface area contributed by atoms with Crippen molar-refractivity contribution in [3.8, 4) is 0 Å². The van der Waals surface area contributed by atoms with Gasteiger partial charge in [0, 0.05) is 0 Å². The van der Waals surface area contributed by atoms with E-state index < -0.39 is 22.8 Å². The number of hydrogen-bond acceptors (Lipinski definition) is 2. The van der Waals surface area contributed by atoms with Gasteiger partial charge in [-0.15, -0.1) is 0 Å². The Morgan fingerprint density at radius 3 is 1.56 bits per heavy atom. The van der Waals surface area contributed by atoms with Crippen LogP contribution < -0.4 is 0 Å². The van der Waals surface area contributed by atoms with Gasteiger partial charge in [0.15, 0.2) is 0 Å². The van der Waals surface area contributed by atoms with E-state index >= 15 is 0 Å². The third-order valence-electron chi connectivity index (χ3n) is 8.13. The fourth-order valence-corrected chi connectivity index (χ4v) is 5.79. The molecule has 32 heavy (non-hydrogen) atoms. The van der Waals surface area contributed by atoms with Crippen molar-refractivity contribution in [3.63, 3.8) is 0 Å². The van der Waals surface area contributed by atoms with Gasteiger partial charge >= 0.3 is 11.9 Å². The highest BCUT2D eigenvalue weighted by atomic mass is 16.4. The predicted octanol–water partition coefficient (Wildman–Crippen LogP) is 8.40. The fraction of sp³-hybridized carbons (Fsp3) is 0.857. The first-order valence-electron chi connectivity index (χ1n) is 13.5. The predicted molar refractivity (Wildman–Crippen MR) is 133 cm³/mol. The minimum atomic E-state index is -1.21. The topological polar surface area (TPSA) is 74.6 Å². The number of carbonyl (C=O) groups is 2. The van der Waals surface area contributed by atoms with Crippen LogP contribution in [0, 0.1) is 16.7 Å². The number of hydrogen-bond donors (Lipinski definition) is 2. The molecule has 0 spiro atoms. The average Bonchev–Trinajstić information content (AvgIpc) is 2.78. The molecular formula is C28H50O4. The van der Waals surface area contributed by atoms with Gasteiger partial charge in [0.05, 0.1) is 10.8 Å². The summed E-state index contributed by atoms with van der Waals surface area (Å²) in [6, 6.07) is 0. The fourth-order valence-electron chi connectivity index (χ4n) is 5.79. The molecule has 0 aromatic carbocycles. The van der Waals surface area contributed by atoms with Crippen LogP contribution in [0.2, 0.25) is 0 Å². The maximum atomic E-state index is 12.5. The lowest BCUT2D eigenvalue weighted by Crippen LogP contribution is -2.56. The molecule has 0 saturated heterocycles. The van der Waals surface area contributed by atoms with Crippen molar-refractivity contribution >= 4 is 11.9 Å². The van der Waals surface area contributed by atoms with Crippen molar-refractivity contribution in [3.05, 3.63) is 12.2 Å². The highest BCUT2D eigenvalue weighted by Crippen LogP contribution is 2.57. The second-order valence-electron chi connectivity index (χ2n) is 10.2. The van der Waals surface area contributed by atoms with Crippen LogP contribution in [0.15, 0.2) is 12.2 Å². The maximum absolute atomic E-state index is 12.5. The van der Waals surface area contributed by atoms with Gasteiger partial charge in [0.25, 0.3) is 0 Å². The van der Waals surface area contributed by atoms with Gasteiger partial charge in [-0.25, -0.2) is 0 Å². The Balaban J connectivity index is 2.38. The molecule has 1 rings (SSSR count). The Hall–Kier alpha value is -1.32. The summed E-state index contributed by atoms with van der Waals surface area (Å²) in [4.78, 5) is 24.9. The van der Waals surface area contributed by atoms with E-state index in [2.05, 4.69) is 6.92 Å². The van der Waals surface area contributed by atoms with Gasteiger partial charge in [-0.3, -0.25) is 9.59 Å². The molecule has 0 aromatic heterocycles. The van der Waals surface area contributed by atoms with Gasteiger partial charge < -0.3 is 10.2 Å². The molecule has 3 unspecified atom stereocenters. The van der Waals surface area contributed by atoms with E-state index in [0.717, 1.165) is 19.3 Å². The maximum Gasteiger partial charge on any atom is 0.311 e. The van der Waals surface area contributed by atoms with E-state index in [-0.39, 0.29) is 5.92 Å². The molecule has 1 aliphatic rings. The molecular weight excluding hydrogens is 400 g/mol. The Labute approximate surface area is 197 Å². The summed E-state index contributed by atoms with van der Waals surface area (Å²) in [7, 11) is 0. The van der Waals surface area contributed by atoms with Crippen LogP contribution in [0.3, 0.4) is 0 Å². The third-order valence-corrected chi connectivity index (χ3v) is 8.13. The van der Waals surface area contributed by atoms with Gasteiger partial charge in [-0.1, -0.05) is 129 Å². The van der Waals surface area contributed by atoms with Crippen LogP contribution in [-0.2, 0) is 9.59 Å². The molecule has 0 aliphatic heterocycles. The van der Waals surface area contributed by atoms with Gasteiger partial charge in [-0.05, 0) is 25.2 Å². The molecule has 1 aliphatic carbocycles. The SMILES string of the molecule is CCCCCCCCCCCCCCCCC1(C(=O)O)CC=CCC1(C(=O)O)C(C)CC. The van der Waals surface area contributed by atoms with E-state index in [1.54, 1.807) is 0 Å². The molecule has 186 valence electrons. The van der Waals surface area contributed by atoms with Crippen molar-refractivity contribution < 1.29 is 19.8 Å². The summed E-state index contributed by atoms with van der Waals surface area (Å²) in [5.74, 6) is -2.05. The van der Waals surface area contributed by atoms with Crippen molar-refractivity contribution in [1.29, 1.82) is 0 Å². The Morgan fingerprint density at radius 2 is 1.16 bits per heavy atom. The minimum absolute atomic E-state index is 0.173. The normalized spacial score (nSPS) is 23.8.